The van der Waals surface area contributed by atoms with Crippen LogP contribution in [-0.4, -0.2) is 14.8 Å². The molecule has 1 aromatic heterocycles. The Bertz CT molecular complexity index is 478. The molecule has 3 atom stereocenters. The van der Waals surface area contributed by atoms with Gasteiger partial charge in [0.2, 0.25) is 0 Å². The molecule has 0 N–H and O–H groups in total. The maximum Gasteiger partial charge on any atom is 0.138 e. The molecule has 5 rings (SSSR count). The van der Waals surface area contributed by atoms with Crippen molar-refractivity contribution in [2.24, 2.45) is 17.8 Å². The van der Waals surface area contributed by atoms with Crippen LogP contribution in [0.3, 0.4) is 0 Å². The van der Waals surface area contributed by atoms with E-state index in [9.17, 15) is 0 Å². The first-order chi connectivity index (χ1) is 8.40. The van der Waals surface area contributed by atoms with Gasteiger partial charge in [0.25, 0.3) is 0 Å². The number of nitrogens with zero attached hydrogens (tertiary/aromatic N) is 4. The van der Waals surface area contributed by atoms with Gasteiger partial charge in [0.15, 0.2) is 0 Å². The minimum atomic E-state index is 0.348. The summed E-state index contributed by atoms with van der Waals surface area (Å²) < 4.78 is 2.16. The van der Waals surface area contributed by atoms with E-state index in [4.69, 9.17) is 5.26 Å². The van der Waals surface area contributed by atoms with E-state index in [0.29, 0.717) is 24.3 Å². The molecule has 3 fully saturated rings. The lowest BCUT2D eigenvalue weighted by atomic mass is 9.59. The predicted octanol–water partition coefficient (Wildman–Crippen LogP) is 2.27. The monoisotopic (exact) mass is 228 g/mol. The van der Waals surface area contributed by atoms with Gasteiger partial charge in [-0.2, -0.15) is 10.4 Å². The number of fused-ring (bicyclic) bond motifs is 3. The lowest BCUT2D eigenvalue weighted by Gasteiger charge is -2.46. The van der Waals surface area contributed by atoms with Crippen LogP contribution in [0.1, 0.15) is 49.9 Å². The van der Waals surface area contributed by atoms with E-state index in [-0.39, 0.29) is 0 Å². The molecule has 0 amide bonds. The average molecular weight is 228 g/mol. The summed E-state index contributed by atoms with van der Waals surface area (Å²) in [6.07, 6.45) is 7.70. The fourth-order valence-corrected chi connectivity index (χ4v) is 4.65. The Labute approximate surface area is 101 Å². The Hall–Kier alpha value is -1.37. The molecule has 0 radical (unpaired) electrons. The second kappa shape index (κ2) is 3.32. The van der Waals surface area contributed by atoms with Crippen LogP contribution in [0.4, 0.5) is 0 Å². The maximum atomic E-state index is 9.04. The molecule has 88 valence electrons. The summed E-state index contributed by atoms with van der Waals surface area (Å²) in [7, 11) is 0. The van der Waals surface area contributed by atoms with Gasteiger partial charge >= 0.3 is 0 Å². The second-order valence-electron chi connectivity index (χ2n) is 5.77. The van der Waals surface area contributed by atoms with E-state index in [1.807, 2.05) is 0 Å². The van der Waals surface area contributed by atoms with Gasteiger partial charge in [0.1, 0.15) is 12.2 Å². The molecular formula is C13H16N4. The smallest absolute Gasteiger partial charge is 0.138 e. The van der Waals surface area contributed by atoms with Crippen LogP contribution >= 0.6 is 0 Å². The molecule has 4 aliphatic rings. The Morgan fingerprint density at radius 3 is 2.82 bits per heavy atom. The minimum Gasteiger partial charge on any atom is -0.246 e. The topological polar surface area (TPSA) is 54.5 Å². The molecule has 2 bridgehead atoms. The summed E-state index contributed by atoms with van der Waals surface area (Å²) in [6, 6.07) is 2.91. The third kappa shape index (κ3) is 1.12. The molecule has 3 unspecified atom stereocenters. The highest BCUT2D eigenvalue weighted by molar-refractivity contribution is 5.16. The zero-order valence-electron chi connectivity index (χ0n) is 9.79. The van der Waals surface area contributed by atoms with Gasteiger partial charge in [0.05, 0.1) is 12.1 Å². The van der Waals surface area contributed by atoms with Crippen molar-refractivity contribution < 1.29 is 0 Å². The average Bonchev–Trinajstić information content (AvgIpc) is 2.94. The SMILES string of the molecule is N#CCC1c2ncnn2C2C3CCC(CC3)C12. The largest absolute Gasteiger partial charge is 0.246 e. The first-order valence-electron chi connectivity index (χ1n) is 6.66. The van der Waals surface area contributed by atoms with Gasteiger partial charge in [-0.05, 0) is 43.4 Å². The Kier molecular flexibility index (Phi) is 1.88. The van der Waals surface area contributed by atoms with Crippen LogP contribution in [0.5, 0.6) is 0 Å². The van der Waals surface area contributed by atoms with Gasteiger partial charge in [-0.25, -0.2) is 9.67 Å². The summed E-state index contributed by atoms with van der Waals surface area (Å²) in [5.41, 5.74) is 0. The molecule has 3 saturated carbocycles. The zero-order chi connectivity index (χ0) is 11.4. The van der Waals surface area contributed by atoms with Crippen molar-refractivity contribution in [3.05, 3.63) is 12.2 Å². The van der Waals surface area contributed by atoms with Crippen LogP contribution in [0.15, 0.2) is 6.33 Å². The van der Waals surface area contributed by atoms with E-state index in [2.05, 4.69) is 20.8 Å². The molecule has 4 nitrogen and oxygen atoms in total. The minimum absolute atomic E-state index is 0.348. The summed E-state index contributed by atoms with van der Waals surface area (Å²) in [5, 5.41) is 13.5. The van der Waals surface area contributed by atoms with Gasteiger partial charge in [-0.15, -0.1) is 0 Å². The summed E-state index contributed by atoms with van der Waals surface area (Å²) in [5.74, 6) is 3.68. The molecule has 4 heteroatoms. The lowest BCUT2D eigenvalue weighted by molar-refractivity contribution is 0.0339. The van der Waals surface area contributed by atoms with Crippen molar-refractivity contribution in [1.29, 1.82) is 5.26 Å². The van der Waals surface area contributed by atoms with Crippen molar-refractivity contribution in [1.82, 2.24) is 14.8 Å². The first-order valence-corrected chi connectivity index (χ1v) is 6.66. The Morgan fingerprint density at radius 1 is 1.29 bits per heavy atom. The fraction of sp³-hybridized carbons (Fsp3) is 0.769. The van der Waals surface area contributed by atoms with Gasteiger partial charge in [-0.1, -0.05) is 0 Å². The Morgan fingerprint density at radius 2 is 2.06 bits per heavy atom. The number of nitriles is 1. The zero-order valence-corrected chi connectivity index (χ0v) is 9.79. The first kappa shape index (κ1) is 9.64. The van der Waals surface area contributed by atoms with E-state index >= 15 is 0 Å². The van der Waals surface area contributed by atoms with Gasteiger partial charge in [-0.3, -0.25) is 0 Å². The van der Waals surface area contributed by atoms with Crippen molar-refractivity contribution in [3.63, 3.8) is 0 Å². The number of aromatic nitrogens is 3. The van der Waals surface area contributed by atoms with Crippen LogP contribution < -0.4 is 0 Å². The van der Waals surface area contributed by atoms with Crippen LogP contribution in [0, 0.1) is 29.1 Å². The molecule has 0 spiro atoms. The number of hydrogen-bond donors (Lipinski definition) is 0. The van der Waals surface area contributed by atoms with Crippen LogP contribution in [-0.2, 0) is 0 Å². The molecule has 1 aromatic rings. The third-order valence-corrected chi connectivity index (χ3v) is 5.23. The summed E-state index contributed by atoms with van der Waals surface area (Å²) >= 11 is 0. The molecule has 1 aliphatic heterocycles. The van der Waals surface area contributed by atoms with Crippen molar-refractivity contribution in [2.75, 3.05) is 0 Å². The molecule has 0 saturated heterocycles. The standard InChI is InChI=1S/C13H16N4/c14-6-5-10-11-8-1-3-9(4-2-8)12(11)17-13(10)15-7-16-17/h7-12H,1-5H2. The maximum absolute atomic E-state index is 9.04. The lowest BCUT2D eigenvalue weighted by Crippen LogP contribution is -2.39. The Balaban J connectivity index is 1.81. The van der Waals surface area contributed by atoms with Crippen molar-refractivity contribution in [3.8, 4) is 6.07 Å². The number of rotatable bonds is 1. The van der Waals surface area contributed by atoms with Crippen LogP contribution in [0.25, 0.3) is 0 Å². The van der Waals surface area contributed by atoms with Gasteiger partial charge < -0.3 is 0 Å². The fourth-order valence-electron chi connectivity index (χ4n) is 4.65. The van der Waals surface area contributed by atoms with E-state index < -0.39 is 0 Å². The molecule has 3 aliphatic carbocycles. The highest BCUT2D eigenvalue weighted by Gasteiger charge is 2.53. The quantitative estimate of drug-likeness (QED) is 0.741. The van der Waals surface area contributed by atoms with Crippen LogP contribution in [0.2, 0.25) is 0 Å². The molecule has 17 heavy (non-hydrogen) atoms. The van der Waals surface area contributed by atoms with Gasteiger partial charge in [0, 0.05) is 12.3 Å². The second-order valence-corrected chi connectivity index (χ2v) is 5.77. The third-order valence-electron chi connectivity index (χ3n) is 5.23. The predicted molar refractivity (Wildman–Crippen MR) is 61.0 cm³/mol. The molecule has 2 heterocycles. The summed E-state index contributed by atoms with van der Waals surface area (Å²) in [4.78, 5) is 4.42. The normalized spacial score (nSPS) is 41.9. The van der Waals surface area contributed by atoms with Crippen molar-refractivity contribution in [2.45, 2.75) is 44.1 Å². The molecule has 0 aromatic carbocycles. The van der Waals surface area contributed by atoms with E-state index in [1.54, 1.807) is 6.33 Å². The number of hydrogen-bond acceptors (Lipinski definition) is 3. The summed E-state index contributed by atoms with van der Waals surface area (Å²) in [6.45, 7) is 0. The highest BCUT2D eigenvalue weighted by Crippen LogP contribution is 2.59. The van der Waals surface area contributed by atoms with E-state index in [1.165, 1.54) is 25.7 Å². The van der Waals surface area contributed by atoms with E-state index in [0.717, 1.165) is 17.7 Å². The highest BCUT2D eigenvalue weighted by atomic mass is 15.4. The van der Waals surface area contributed by atoms with Crippen molar-refractivity contribution >= 4 is 0 Å². The molecular weight excluding hydrogens is 212 g/mol.